The highest BCUT2D eigenvalue weighted by atomic mass is 32.2. The lowest BCUT2D eigenvalue weighted by Gasteiger charge is -2.26. The van der Waals surface area contributed by atoms with E-state index >= 15 is 0 Å². The van der Waals surface area contributed by atoms with E-state index in [2.05, 4.69) is 0 Å². The van der Waals surface area contributed by atoms with Gasteiger partial charge in [0, 0.05) is 11.5 Å². The molecule has 0 atom stereocenters. The molecule has 18 heavy (non-hydrogen) atoms. The number of benzene rings is 1. The molecule has 98 valence electrons. The fourth-order valence-electron chi connectivity index (χ4n) is 1.79. The number of carbonyl (C=O) groups is 1. The third kappa shape index (κ3) is 3.19. The first-order valence-corrected chi connectivity index (χ1v) is 7.19. The van der Waals surface area contributed by atoms with Gasteiger partial charge < -0.3 is 9.84 Å². The number of aliphatic carboxylic acids is 1. The van der Waals surface area contributed by atoms with Crippen molar-refractivity contribution in [2.75, 3.05) is 11.5 Å². The van der Waals surface area contributed by atoms with E-state index in [0.717, 1.165) is 22.8 Å². The summed E-state index contributed by atoms with van der Waals surface area (Å²) in [5.74, 6) is 2.17. The van der Waals surface area contributed by atoms with Gasteiger partial charge in [0.2, 0.25) is 0 Å². The Labute approximate surface area is 112 Å². The highest BCUT2D eigenvalue weighted by molar-refractivity contribution is 8.00. The second-order valence-electron chi connectivity index (χ2n) is 5.29. The molecular weight excluding hydrogens is 248 g/mol. The van der Waals surface area contributed by atoms with Crippen molar-refractivity contribution in [3.05, 3.63) is 29.8 Å². The van der Waals surface area contributed by atoms with Crippen molar-refractivity contribution in [3.8, 4) is 5.75 Å². The molecular formula is C14H18O3S. The summed E-state index contributed by atoms with van der Waals surface area (Å²) in [5, 5.41) is 9.13. The van der Waals surface area contributed by atoms with E-state index < -0.39 is 11.4 Å². The summed E-state index contributed by atoms with van der Waals surface area (Å²) in [6.07, 6.45) is 0.830. The van der Waals surface area contributed by atoms with Crippen LogP contribution in [0.25, 0.3) is 0 Å². The van der Waals surface area contributed by atoms with Crippen LogP contribution in [0.4, 0.5) is 0 Å². The van der Waals surface area contributed by atoms with Crippen molar-refractivity contribution in [1.82, 2.24) is 0 Å². The molecule has 1 fully saturated rings. The zero-order valence-corrected chi connectivity index (χ0v) is 11.5. The van der Waals surface area contributed by atoms with Crippen LogP contribution in [0.5, 0.6) is 5.75 Å². The van der Waals surface area contributed by atoms with Gasteiger partial charge in [0.15, 0.2) is 0 Å². The van der Waals surface area contributed by atoms with Crippen molar-refractivity contribution in [1.29, 1.82) is 0 Å². The third-order valence-corrected chi connectivity index (χ3v) is 4.25. The minimum atomic E-state index is -0.774. The van der Waals surface area contributed by atoms with Gasteiger partial charge in [-0.3, -0.25) is 4.79 Å². The molecule has 0 saturated carbocycles. The van der Waals surface area contributed by atoms with Gasteiger partial charge >= 0.3 is 5.97 Å². The van der Waals surface area contributed by atoms with Crippen LogP contribution < -0.4 is 4.74 Å². The lowest BCUT2D eigenvalue weighted by atomic mass is 9.86. The van der Waals surface area contributed by atoms with Crippen LogP contribution >= 0.6 is 11.8 Å². The van der Waals surface area contributed by atoms with Crippen LogP contribution in [0.15, 0.2) is 24.3 Å². The van der Waals surface area contributed by atoms with Gasteiger partial charge in [-0.25, -0.2) is 0 Å². The van der Waals surface area contributed by atoms with Crippen LogP contribution in [-0.2, 0) is 11.2 Å². The van der Waals surface area contributed by atoms with Gasteiger partial charge in [-0.15, -0.1) is 0 Å². The van der Waals surface area contributed by atoms with Crippen molar-refractivity contribution >= 4 is 17.7 Å². The molecule has 0 aliphatic carbocycles. The fourth-order valence-corrected chi connectivity index (χ4v) is 2.35. The molecule has 2 rings (SSSR count). The smallest absolute Gasteiger partial charge is 0.309 e. The van der Waals surface area contributed by atoms with E-state index in [-0.39, 0.29) is 0 Å². The Morgan fingerprint density at radius 2 is 2.22 bits per heavy atom. The zero-order valence-electron chi connectivity index (χ0n) is 10.7. The van der Waals surface area contributed by atoms with Crippen molar-refractivity contribution < 1.29 is 14.6 Å². The Morgan fingerprint density at radius 1 is 1.50 bits per heavy atom. The SMILES string of the molecule is CC(C)(Cc1cccc(OC2CSC2)c1)C(=O)O. The molecule has 1 aromatic carbocycles. The average molecular weight is 266 g/mol. The summed E-state index contributed by atoms with van der Waals surface area (Å²) in [4.78, 5) is 11.1. The average Bonchev–Trinajstić information content (AvgIpc) is 2.23. The van der Waals surface area contributed by atoms with E-state index in [9.17, 15) is 4.79 Å². The lowest BCUT2D eigenvalue weighted by Crippen LogP contribution is -2.31. The molecule has 4 heteroatoms. The largest absolute Gasteiger partial charge is 0.489 e. The monoisotopic (exact) mass is 266 g/mol. The molecule has 0 bridgehead atoms. The van der Waals surface area contributed by atoms with Gasteiger partial charge in [-0.1, -0.05) is 12.1 Å². The maximum absolute atomic E-state index is 11.1. The van der Waals surface area contributed by atoms with Crippen molar-refractivity contribution in [2.24, 2.45) is 5.41 Å². The number of thioether (sulfide) groups is 1. The van der Waals surface area contributed by atoms with E-state index in [0.29, 0.717) is 12.5 Å². The second-order valence-corrected chi connectivity index (χ2v) is 6.37. The predicted octanol–water partition coefficient (Wildman–Crippen LogP) is 2.83. The topological polar surface area (TPSA) is 46.5 Å². The molecule has 1 heterocycles. The van der Waals surface area contributed by atoms with Crippen molar-refractivity contribution in [3.63, 3.8) is 0 Å². The molecule has 1 aliphatic rings. The standard InChI is InChI=1S/C14H18O3S/c1-14(2,13(15)16)7-10-4-3-5-11(6-10)17-12-8-18-9-12/h3-6,12H,7-9H2,1-2H3,(H,15,16). The molecule has 1 N–H and O–H groups in total. The maximum atomic E-state index is 11.1. The van der Waals surface area contributed by atoms with Crippen molar-refractivity contribution in [2.45, 2.75) is 26.4 Å². The first-order valence-electron chi connectivity index (χ1n) is 6.04. The number of hydrogen-bond donors (Lipinski definition) is 1. The molecule has 0 radical (unpaired) electrons. The van der Waals surface area contributed by atoms with Crippen LogP contribution in [0.2, 0.25) is 0 Å². The van der Waals surface area contributed by atoms with Crippen LogP contribution in [0.1, 0.15) is 19.4 Å². The summed E-state index contributed by atoms with van der Waals surface area (Å²) in [6, 6.07) is 7.76. The van der Waals surface area contributed by atoms with Gasteiger partial charge in [-0.2, -0.15) is 11.8 Å². The van der Waals surface area contributed by atoms with Gasteiger partial charge in [0.1, 0.15) is 11.9 Å². The molecule has 3 nitrogen and oxygen atoms in total. The Kier molecular flexibility index (Phi) is 3.85. The van der Waals surface area contributed by atoms with E-state index in [1.165, 1.54) is 0 Å². The number of ether oxygens (including phenoxy) is 1. The highest BCUT2D eigenvalue weighted by Gasteiger charge is 2.27. The number of carboxylic acids is 1. The lowest BCUT2D eigenvalue weighted by molar-refractivity contribution is -0.146. The minimum Gasteiger partial charge on any atom is -0.489 e. The minimum absolute atomic E-state index is 0.317. The molecule has 0 spiro atoms. The van der Waals surface area contributed by atoms with Crippen LogP contribution in [0, 0.1) is 5.41 Å². The molecule has 1 aromatic rings. The second kappa shape index (κ2) is 5.22. The first-order chi connectivity index (χ1) is 8.47. The van der Waals surface area contributed by atoms with Gasteiger partial charge in [-0.05, 0) is 38.0 Å². The number of carboxylic acid groups (broad SMARTS) is 1. The Balaban J connectivity index is 2.04. The number of hydrogen-bond acceptors (Lipinski definition) is 3. The summed E-state index contributed by atoms with van der Waals surface area (Å²) < 4.78 is 5.80. The Morgan fingerprint density at radius 3 is 2.78 bits per heavy atom. The Hall–Kier alpha value is -1.16. The van der Waals surface area contributed by atoms with E-state index in [1.807, 2.05) is 36.0 Å². The molecule has 1 aliphatic heterocycles. The van der Waals surface area contributed by atoms with Gasteiger partial charge in [0.25, 0.3) is 0 Å². The molecule has 0 unspecified atom stereocenters. The normalized spacial score (nSPS) is 16.1. The molecule has 0 amide bonds. The highest BCUT2D eigenvalue weighted by Crippen LogP contribution is 2.27. The summed E-state index contributed by atoms with van der Waals surface area (Å²) in [6.45, 7) is 3.48. The number of rotatable bonds is 5. The summed E-state index contributed by atoms with van der Waals surface area (Å²) in [5.41, 5.74) is 0.261. The molecule has 0 aromatic heterocycles. The maximum Gasteiger partial charge on any atom is 0.309 e. The summed E-state index contributed by atoms with van der Waals surface area (Å²) >= 11 is 1.88. The van der Waals surface area contributed by atoms with E-state index in [4.69, 9.17) is 9.84 Å². The quantitative estimate of drug-likeness (QED) is 0.890. The molecule has 1 saturated heterocycles. The third-order valence-electron chi connectivity index (χ3n) is 3.03. The van der Waals surface area contributed by atoms with Crippen LogP contribution in [0.3, 0.4) is 0 Å². The van der Waals surface area contributed by atoms with Crippen LogP contribution in [-0.4, -0.2) is 28.7 Å². The van der Waals surface area contributed by atoms with E-state index in [1.54, 1.807) is 13.8 Å². The Bertz CT molecular complexity index is 438. The zero-order chi connectivity index (χ0) is 13.2. The predicted molar refractivity (Wildman–Crippen MR) is 73.3 cm³/mol. The van der Waals surface area contributed by atoms with Gasteiger partial charge in [0.05, 0.1) is 5.41 Å². The summed E-state index contributed by atoms with van der Waals surface area (Å²) in [7, 11) is 0. The fraction of sp³-hybridized carbons (Fsp3) is 0.500. The first kappa shape index (κ1) is 13.3.